The quantitative estimate of drug-likeness (QED) is 0.643. The van der Waals surface area contributed by atoms with Crippen molar-refractivity contribution >= 4 is 5.97 Å². The molecular formula is C11H12O2. The van der Waals surface area contributed by atoms with Crippen LogP contribution in [0.15, 0.2) is 24.3 Å². The molecule has 0 saturated heterocycles. The van der Waals surface area contributed by atoms with Crippen LogP contribution >= 0.6 is 0 Å². The van der Waals surface area contributed by atoms with E-state index in [1.807, 2.05) is 25.1 Å². The number of ether oxygens (including phenoxy) is 1. The van der Waals surface area contributed by atoms with Gasteiger partial charge in [-0.3, -0.25) is 4.79 Å². The Morgan fingerprint density at radius 2 is 2.31 bits per heavy atom. The van der Waals surface area contributed by atoms with Crippen molar-refractivity contribution in [2.24, 2.45) is 0 Å². The maximum Gasteiger partial charge on any atom is 0.313 e. The molecule has 0 spiro atoms. The average molecular weight is 176 g/mol. The van der Waals surface area contributed by atoms with E-state index in [0.29, 0.717) is 6.61 Å². The molecule has 2 nitrogen and oxygen atoms in total. The predicted molar refractivity (Wildman–Crippen MR) is 49.5 cm³/mol. The first kappa shape index (κ1) is 8.30. The summed E-state index contributed by atoms with van der Waals surface area (Å²) in [5.41, 5.74) is 2.42. The minimum absolute atomic E-state index is 0.00356. The molecule has 1 aliphatic rings. The largest absolute Gasteiger partial charge is 0.466 e. The van der Waals surface area contributed by atoms with Crippen LogP contribution in [0.2, 0.25) is 0 Å². The predicted octanol–water partition coefficient (Wildman–Crippen LogP) is 1.89. The zero-order chi connectivity index (χ0) is 9.26. The van der Waals surface area contributed by atoms with Crippen LogP contribution in [0.4, 0.5) is 0 Å². The van der Waals surface area contributed by atoms with Gasteiger partial charge in [-0.1, -0.05) is 24.3 Å². The minimum atomic E-state index is -0.0822. The monoisotopic (exact) mass is 176 g/mol. The molecule has 0 heterocycles. The van der Waals surface area contributed by atoms with Gasteiger partial charge in [0.1, 0.15) is 0 Å². The normalized spacial score (nSPS) is 18.7. The Labute approximate surface area is 77.5 Å². The Bertz CT molecular complexity index is 331. The van der Waals surface area contributed by atoms with Gasteiger partial charge in [-0.2, -0.15) is 0 Å². The topological polar surface area (TPSA) is 26.3 Å². The summed E-state index contributed by atoms with van der Waals surface area (Å²) in [7, 11) is 0. The third-order valence-corrected chi connectivity index (χ3v) is 2.43. The number of rotatable bonds is 2. The highest BCUT2D eigenvalue weighted by atomic mass is 16.5. The maximum atomic E-state index is 11.4. The zero-order valence-corrected chi connectivity index (χ0v) is 7.62. The van der Waals surface area contributed by atoms with Crippen LogP contribution < -0.4 is 0 Å². The third kappa shape index (κ3) is 1.32. The fourth-order valence-electron chi connectivity index (χ4n) is 1.71. The van der Waals surface area contributed by atoms with Crippen molar-refractivity contribution in [3.05, 3.63) is 35.4 Å². The minimum Gasteiger partial charge on any atom is -0.466 e. The second-order valence-corrected chi connectivity index (χ2v) is 3.21. The second-order valence-electron chi connectivity index (χ2n) is 3.21. The van der Waals surface area contributed by atoms with E-state index in [-0.39, 0.29) is 11.9 Å². The molecule has 0 aliphatic heterocycles. The van der Waals surface area contributed by atoms with Crippen molar-refractivity contribution in [1.82, 2.24) is 0 Å². The highest BCUT2D eigenvalue weighted by Crippen LogP contribution is 2.35. The summed E-state index contributed by atoms with van der Waals surface area (Å²) in [6.45, 7) is 2.31. The molecule has 1 unspecified atom stereocenters. The zero-order valence-electron chi connectivity index (χ0n) is 7.62. The van der Waals surface area contributed by atoms with Gasteiger partial charge in [0.15, 0.2) is 0 Å². The van der Waals surface area contributed by atoms with E-state index in [0.717, 1.165) is 12.0 Å². The summed E-state index contributed by atoms with van der Waals surface area (Å²) in [6.07, 6.45) is 0.842. The lowest BCUT2D eigenvalue weighted by atomic mass is 9.78. The number of hydrogen-bond acceptors (Lipinski definition) is 2. The first-order chi connectivity index (χ1) is 6.33. The van der Waals surface area contributed by atoms with Crippen LogP contribution in [0, 0.1) is 0 Å². The lowest BCUT2D eigenvalue weighted by Crippen LogP contribution is -2.26. The molecule has 0 bridgehead atoms. The number of fused-ring (bicyclic) bond motifs is 1. The van der Waals surface area contributed by atoms with Crippen molar-refractivity contribution in [2.75, 3.05) is 6.61 Å². The summed E-state index contributed by atoms with van der Waals surface area (Å²) < 4.78 is 4.96. The van der Waals surface area contributed by atoms with Gasteiger partial charge in [0.2, 0.25) is 0 Å². The molecule has 2 heteroatoms. The molecule has 0 saturated carbocycles. The lowest BCUT2D eigenvalue weighted by Gasteiger charge is -2.27. The van der Waals surface area contributed by atoms with Crippen LogP contribution in [0.5, 0.6) is 0 Å². The lowest BCUT2D eigenvalue weighted by molar-refractivity contribution is -0.145. The van der Waals surface area contributed by atoms with Gasteiger partial charge in [-0.15, -0.1) is 0 Å². The van der Waals surface area contributed by atoms with Crippen LogP contribution in [-0.2, 0) is 16.0 Å². The molecule has 0 fully saturated rings. The average Bonchev–Trinajstić information content (AvgIpc) is 2.07. The van der Waals surface area contributed by atoms with Crippen LogP contribution in [-0.4, -0.2) is 12.6 Å². The van der Waals surface area contributed by atoms with Gasteiger partial charge < -0.3 is 4.74 Å². The molecule has 1 aliphatic carbocycles. The van der Waals surface area contributed by atoms with Crippen molar-refractivity contribution < 1.29 is 9.53 Å². The molecule has 1 aromatic carbocycles. The maximum absolute atomic E-state index is 11.4. The van der Waals surface area contributed by atoms with E-state index in [1.165, 1.54) is 5.56 Å². The highest BCUT2D eigenvalue weighted by molar-refractivity contribution is 5.82. The number of carbonyl (C=O) groups is 1. The Morgan fingerprint density at radius 1 is 1.54 bits per heavy atom. The summed E-state index contributed by atoms with van der Waals surface area (Å²) in [4.78, 5) is 11.4. The fourth-order valence-corrected chi connectivity index (χ4v) is 1.71. The van der Waals surface area contributed by atoms with Crippen LogP contribution in [0.1, 0.15) is 24.0 Å². The summed E-state index contributed by atoms with van der Waals surface area (Å²) in [5.74, 6) is -0.0858. The molecule has 2 rings (SSSR count). The summed E-state index contributed by atoms with van der Waals surface area (Å²) in [5, 5.41) is 0. The van der Waals surface area contributed by atoms with Gasteiger partial charge in [0.25, 0.3) is 0 Å². The molecule has 1 aromatic rings. The van der Waals surface area contributed by atoms with Gasteiger partial charge >= 0.3 is 5.97 Å². The van der Waals surface area contributed by atoms with Gasteiger partial charge in [0, 0.05) is 0 Å². The summed E-state index contributed by atoms with van der Waals surface area (Å²) in [6, 6.07) is 8.02. The molecule has 1 atom stereocenters. The molecule has 0 N–H and O–H groups in total. The molecule has 0 radical (unpaired) electrons. The number of hydrogen-bond donors (Lipinski definition) is 0. The van der Waals surface area contributed by atoms with E-state index in [2.05, 4.69) is 6.07 Å². The number of esters is 1. The Balaban J connectivity index is 2.13. The third-order valence-electron chi connectivity index (χ3n) is 2.43. The first-order valence-electron chi connectivity index (χ1n) is 4.57. The molecule has 0 aromatic heterocycles. The molecule has 68 valence electrons. The Kier molecular flexibility index (Phi) is 2.05. The van der Waals surface area contributed by atoms with E-state index in [9.17, 15) is 4.79 Å². The van der Waals surface area contributed by atoms with Gasteiger partial charge in [0.05, 0.1) is 12.5 Å². The van der Waals surface area contributed by atoms with Gasteiger partial charge in [-0.25, -0.2) is 0 Å². The van der Waals surface area contributed by atoms with Crippen molar-refractivity contribution in [2.45, 2.75) is 19.3 Å². The van der Waals surface area contributed by atoms with E-state index < -0.39 is 0 Å². The fraction of sp³-hybridized carbons (Fsp3) is 0.364. The first-order valence-corrected chi connectivity index (χ1v) is 4.57. The Hall–Kier alpha value is -1.31. The standard InChI is InChI=1S/C11H12O2/c1-2-13-11(12)10-7-8-5-3-4-6-9(8)10/h3-6,10H,2,7H2,1H3. The van der Waals surface area contributed by atoms with Crippen molar-refractivity contribution in [3.63, 3.8) is 0 Å². The van der Waals surface area contributed by atoms with Crippen LogP contribution in [0.25, 0.3) is 0 Å². The van der Waals surface area contributed by atoms with Crippen LogP contribution in [0.3, 0.4) is 0 Å². The SMILES string of the molecule is CCOC(=O)C1Cc2ccccc21. The van der Waals surface area contributed by atoms with E-state index in [4.69, 9.17) is 4.74 Å². The smallest absolute Gasteiger partial charge is 0.313 e. The van der Waals surface area contributed by atoms with E-state index >= 15 is 0 Å². The van der Waals surface area contributed by atoms with E-state index in [1.54, 1.807) is 0 Å². The van der Waals surface area contributed by atoms with Gasteiger partial charge in [-0.05, 0) is 24.5 Å². The number of benzene rings is 1. The molecular weight excluding hydrogens is 164 g/mol. The Morgan fingerprint density at radius 3 is 3.00 bits per heavy atom. The van der Waals surface area contributed by atoms with Crippen molar-refractivity contribution in [1.29, 1.82) is 0 Å². The van der Waals surface area contributed by atoms with Crippen molar-refractivity contribution in [3.8, 4) is 0 Å². The summed E-state index contributed by atoms with van der Waals surface area (Å²) >= 11 is 0. The number of carbonyl (C=O) groups excluding carboxylic acids is 1. The molecule has 13 heavy (non-hydrogen) atoms. The second kappa shape index (κ2) is 3.21. The molecule has 0 amide bonds. The highest BCUT2D eigenvalue weighted by Gasteiger charge is 2.32.